The second-order valence-electron chi connectivity index (χ2n) is 5.78. The lowest BCUT2D eigenvalue weighted by Gasteiger charge is -2.15. The Hall–Kier alpha value is -2.42. The molecule has 4 aromatic rings. The Morgan fingerprint density at radius 2 is 1.30 bits per heavy atom. The zero-order valence-corrected chi connectivity index (χ0v) is 14.5. The van der Waals surface area contributed by atoms with Crippen molar-refractivity contribution in [1.82, 2.24) is 0 Å². The van der Waals surface area contributed by atoms with E-state index >= 15 is 0 Å². The molecule has 0 fully saturated rings. The van der Waals surface area contributed by atoms with E-state index in [-0.39, 0.29) is 0 Å². The molecule has 0 N–H and O–H groups in total. The SMILES string of the molecule is CO[SiH2]c1ccc2ccccc2c1-c1cccc2ccccc12. The van der Waals surface area contributed by atoms with Crippen LogP contribution in [-0.4, -0.2) is 16.9 Å². The smallest absolute Gasteiger partial charge is 0.192 e. The van der Waals surface area contributed by atoms with Crippen LogP contribution in [0.3, 0.4) is 0 Å². The van der Waals surface area contributed by atoms with E-state index in [9.17, 15) is 0 Å². The molecule has 0 aliphatic heterocycles. The van der Waals surface area contributed by atoms with Gasteiger partial charge in [0.15, 0.2) is 9.76 Å². The molecular formula is C21H18OSi. The van der Waals surface area contributed by atoms with Gasteiger partial charge in [-0.25, -0.2) is 0 Å². The van der Waals surface area contributed by atoms with Crippen molar-refractivity contribution in [1.29, 1.82) is 0 Å². The Morgan fingerprint density at radius 1 is 0.652 bits per heavy atom. The topological polar surface area (TPSA) is 9.23 Å². The molecule has 0 heterocycles. The molecule has 0 saturated heterocycles. The first-order valence-electron chi connectivity index (χ1n) is 7.86. The fourth-order valence-corrected chi connectivity index (χ4v) is 4.40. The molecule has 4 aromatic carbocycles. The maximum Gasteiger partial charge on any atom is 0.192 e. The average Bonchev–Trinajstić information content (AvgIpc) is 2.61. The van der Waals surface area contributed by atoms with Gasteiger partial charge in [0.25, 0.3) is 0 Å². The lowest BCUT2D eigenvalue weighted by molar-refractivity contribution is 0.450. The van der Waals surface area contributed by atoms with Gasteiger partial charge in [-0.15, -0.1) is 0 Å². The summed E-state index contributed by atoms with van der Waals surface area (Å²) in [5, 5.41) is 6.54. The second kappa shape index (κ2) is 5.99. The first-order chi connectivity index (χ1) is 11.4. The molecule has 1 nitrogen and oxygen atoms in total. The Balaban J connectivity index is 2.12. The molecular weight excluding hydrogens is 296 g/mol. The molecule has 4 rings (SSSR count). The fraction of sp³-hybridized carbons (Fsp3) is 0.0476. The largest absolute Gasteiger partial charge is 0.422 e. The number of hydrogen-bond donors (Lipinski definition) is 0. The number of fused-ring (bicyclic) bond motifs is 2. The van der Waals surface area contributed by atoms with Gasteiger partial charge in [0.05, 0.1) is 0 Å². The van der Waals surface area contributed by atoms with Crippen LogP contribution in [0.25, 0.3) is 32.7 Å². The number of hydrogen-bond acceptors (Lipinski definition) is 1. The highest BCUT2D eigenvalue weighted by molar-refractivity contribution is 6.50. The molecule has 0 bridgehead atoms. The van der Waals surface area contributed by atoms with Gasteiger partial charge in [-0.2, -0.15) is 0 Å². The van der Waals surface area contributed by atoms with E-state index in [2.05, 4.69) is 78.9 Å². The van der Waals surface area contributed by atoms with E-state index in [1.165, 1.54) is 37.9 Å². The lowest BCUT2D eigenvalue weighted by Crippen LogP contribution is -2.19. The highest BCUT2D eigenvalue weighted by Crippen LogP contribution is 2.32. The van der Waals surface area contributed by atoms with E-state index < -0.39 is 9.76 Å². The molecule has 112 valence electrons. The van der Waals surface area contributed by atoms with Crippen LogP contribution in [0, 0.1) is 0 Å². The van der Waals surface area contributed by atoms with Gasteiger partial charge in [0.1, 0.15) is 0 Å². The maximum absolute atomic E-state index is 5.59. The van der Waals surface area contributed by atoms with Crippen LogP contribution >= 0.6 is 0 Å². The molecule has 0 spiro atoms. The molecule has 0 amide bonds. The average molecular weight is 314 g/mol. The lowest BCUT2D eigenvalue weighted by atomic mass is 9.94. The van der Waals surface area contributed by atoms with Gasteiger partial charge in [0, 0.05) is 7.11 Å². The summed E-state index contributed by atoms with van der Waals surface area (Å²) in [6.45, 7) is 0. The minimum absolute atomic E-state index is 0.728. The standard InChI is InChI=1S/C21H18OSi/c1-22-23-20-14-13-16-8-3-5-11-18(16)21(20)19-12-6-9-15-7-2-4-10-17(15)19/h2-14H,23H2,1H3. The molecule has 0 saturated carbocycles. The Morgan fingerprint density at radius 3 is 2.09 bits per heavy atom. The summed E-state index contributed by atoms with van der Waals surface area (Å²) in [5.74, 6) is 0. The van der Waals surface area contributed by atoms with Crippen molar-refractivity contribution >= 4 is 36.5 Å². The first kappa shape index (κ1) is 14.2. The minimum Gasteiger partial charge on any atom is -0.422 e. The Bertz CT molecular complexity index is 986. The van der Waals surface area contributed by atoms with Gasteiger partial charge in [-0.05, 0) is 37.9 Å². The number of rotatable bonds is 3. The molecule has 0 aliphatic carbocycles. The van der Waals surface area contributed by atoms with E-state index in [1.807, 2.05) is 7.11 Å². The summed E-state index contributed by atoms with van der Waals surface area (Å²) in [6.07, 6.45) is 0. The first-order valence-corrected chi connectivity index (χ1v) is 9.14. The third-order valence-electron chi connectivity index (χ3n) is 4.37. The molecule has 2 heteroatoms. The highest BCUT2D eigenvalue weighted by Gasteiger charge is 2.12. The van der Waals surface area contributed by atoms with Crippen LogP contribution in [0.5, 0.6) is 0 Å². The summed E-state index contributed by atoms with van der Waals surface area (Å²) in [6, 6.07) is 28.2. The van der Waals surface area contributed by atoms with Crippen molar-refractivity contribution in [3.63, 3.8) is 0 Å². The molecule has 0 aromatic heterocycles. The van der Waals surface area contributed by atoms with Crippen LogP contribution in [0.4, 0.5) is 0 Å². The van der Waals surface area contributed by atoms with E-state index in [0.717, 1.165) is 0 Å². The van der Waals surface area contributed by atoms with Gasteiger partial charge >= 0.3 is 0 Å². The third-order valence-corrected chi connectivity index (χ3v) is 5.56. The van der Waals surface area contributed by atoms with Crippen molar-refractivity contribution in [2.45, 2.75) is 0 Å². The van der Waals surface area contributed by atoms with Crippen molar-refractivity contribution in [3.8, 4) is 11.1 Å². The summed E-state index contributed by atoms with van der Waals surface area (Å²) in [7, 11) is 1.09. The van der Waals surface area contributed by atoms with Crippen LogP contribution in [0.1, 0.15) is 0 Å². The van der Waals surface area contributed by atoms with Crippen LogP contribution in [-0.2, 0) is 4.43 Å². The highest BCUT2D eigenvalue weighted by atomic mass is 28.2. The van der Waals surface area contributed by atoms with Crippen LogP contribution in [0.15, 0.2) is 78.9 Å². The molecule has 0 radical (unpaired) electrons. The van der Waals surface area contributed by atoms with Gasteiger partial charge < -0.3 is 4.43 Å². The monoisotopic (exact) mass is 314 g/mol. The van der Waals surface area contributed by atoms with E-state index in [0.29, 0.717) is 0 Å². The van der Waals surface area contributed by atoms with Crippen molar-refractivity contribution in [2.24, 2.45) is 0 Å². The summed E-state index contributed by atoms with van der Waals surface area (Å²) >= 11 is 0. The quantitative estimate of drug-likeness (QED) is 0.519. The summed E-state index contributed by atoms with van der Waals surface area (Å²) < 4.78 is 5.59. The Labute approximate surface area is 138 Å². The van der Waals surface area contributed by atoms with Crippen LogP contribution < -0.4 is 5.19 Å². The molecule has 0 aliphatic rings. The summed E-state index contributed by atoms with van der Waals surface area (Å²) in [5.41, 5.74) is 2.65. The normalized spacial score (nSPS) is 11.7. The third kappa shape index (κ3) is 2.46. The van der Waals surface area contributed by atoms with Crippen molar-refractivity contribution < 1.29 is 4.43 Å². The van der Waals surface area contributed by atoms with Gasteiger partial charge in [-0.1, -0.05) is 78.9 Å². The van der Waals surface area contributed by atoms with Crippen molar-refractivity contribution in [2.75, 3.05) is 7.11 Å². The predicted octanol–water partition coefficient (Wildman–Crippen LogP) is 4.02. The molecule has 0 unspecified atom stereocenters. The zero-order chi connectivity index (χ0) is 15.6. The van der Waals surface area contributed by atoms with Gasteiger partial charge in [0.2, 0.25) is 0 Å². The van der Waals surface area contributed by atoms with Crippen molar-refractivity contribution in [3.05, 3.63) is 78.9 Å². The van der Waals surface area contributed by atoms with Gasteiger partial charge in [-0.3, -0.25) is 0 Å². The zero-order valence-electron chi connectivity index (χ0n) is 13.1. The summed E-state index contributed by atoms with van der Waals surface area (Å²) in [4.78, 5) is 0. The maximum atomic E-state index is 5.59. The number of benzene rings is 4. The minimum atomic E-state index is -0.728. The Kier molecular flexibility index (Phi) is 3.70. The fourth-order valence-electron chi connectivity index (χ4n) is 3.35. The van der Waals surface area contributed by atoms with Crippen LogP contribution in [0.2, 0.25) is 0 Å². The predicted molar refractivity (Wildman–Crippen MR) is 102 cm³/mol. The molecule has 23 heavy (non-hydrogen) atoms. The second-order valence-corrected chi connectivity index (χ2v) is 7.41. The molecule has 0 atom stereocenters. The van der Waals surface area contributed by atoms with E-state index in [1.54, 1.807) is 0 Å². The van der Waals surface area contributed by atoms with E-state index in [4.69, 9.17) is 4.43 Å².